The normalized spacial score (nSPS) is 12.4. The molecule has 0 bridgehead atoms. The van der Waals surface area contributed by atoms with Crippen LogP contribution in [0.3, 0.4) is 0 Å². The van der Waals surface area contributed by atoms with Crippen LogP contribution in [-0.2, 0) is 24.2 Å². The van der Waals surface area contributed by atoms with Gasteiger partial charge in [0.25, 0.3) is 0 Å². The van der Waals surface area contributed by atoms with Crippen molar-refractivity contribution < 1.29 is 12.6 Å². The molecule has 8 nitrogen and oxygen atoms in total. The smallest absolute Gasteiger partial charge is 0.307 e. The molecule has 0 saturated heterocycles. The molecule has 0 unspecified atom stereocenters. The first kappa shape index (κ1) is 15.6. The number of thioether (sulfide) groups is 1. The minimum absolute atomic E-state index is 0.0120. The van der Waals surface area contributed by atoms with Gasteiger partial charge < -0.3 is 8.75 Å². The number of fused-ring (bicyclic) bond motifs is 3. The maximum Gasteiger partial charge on any atom is 0.307 e. The number of hydrogen-bond donors (Lipinski definition) is 0. The molecule has 118 valence electrons. The second-order valence-electron chi connectivity index (χ2n) is 4.67. The summed E-state index contributed by atoms with van der Waals surface area (Å²) in [5.41, 5.74) is 2.08. The summed E-state index contributed by atoms with van der Waals surface area (Å²) >= 11 is 4.71. The van der Waals surface area contributed by atoms with Gasteiger partial charge in [-0.3, -0.25) is 4.68 Å². The van der Waals surface area contributed by atoms with E-state index >= 15 is 0 Å². The summed E-state index contributed by atoms with van der Waals surface area (Å²) in [6.07, 6.45) is 2.80. The molecule has 0 N–H and O–H groups in total. The molecule has 0 spiro atoms. The molecule has 22 heavy (non-hydrogen) atoms. The Morgan fingerprint density at radius 1 is 1.23 bits per heavy atom. The lowest BCUT2D eigenvalue weighted by atomic mass is 10.3. The van der Waals surface area contributed by atoms with Crippen LogP contribution in [0.25, 0.3) is 22.1 Å². The first-order valence-corrected chi connectivity index (χ1v) is 9.88. The fourth-order valence-corrected chi connectivity index (χ4v) is 3.77. The molecule has 0 saturated carbocycles. The van der Waals surface area contributed by atoms with Crippen molar-refractivity contribution in [3.63, 3.8) is 0 Å². The quantitative estimate of drug-likeness (QED) is 0.371. The number of hydrogen-bond acceptors (Lipinski definition) is 7. The maximum atomic E-state index is 11.5. The van der Waals surface area contributed by atoms with Gasteiger partial charge in [-0.1, -0.05) is 11.8 Å². The van der Waals surface area contributed by atoms with Crippen LogP contribution >= 0.6 is 27.7 Å². The van der Waals surface area contributed by atoms with Crippen LogP contribution < -0.4 is 4.18 Å². The molecule has 0 atom stereocenters. The summed E-state index contributed by atoms with van der Waals surface area (Å²) in [6.45, 7) is 0. The Hall–Kier alpha value is -1.33. The lowest BCUT2D eigenvalue weighted by Gasteiger charge is -2.06. The summed E-state index contributed by atoms with van der Waals surface area (Å²) in [5, 5.41) is 5.23. The average molecular weight is 406 g/mol. The molecule has 0 aliphatic heterocycles. The summed E-state index contributed by atoms with van der Waals surface area (Å²) in [4.78, 5) is 8.65. The molecule has 3 heterocycles. The highest BCUT2D eigenvalue weighted by Gasteiger charge is 2.24. The first-order valence-electron chi connectivity index (χ1n) is 6.05. The third kappa shape index (κ3) is 2.36. The van der Waals surface area contributed by atoms with E-state index in [-0.39, 0.29) is 5.88 Å². The molecule has 0 fully saturated rings. The second-order valence-corrected chi connectivity index (χ2v) is 7.77. The van der Waals surface area contributed by atoms with Crippen molar-refractivity contribution in [1.29, 1.82) is 0 Å². The van der Waals surface area contributed by atoms with Crippen molar-refractivity contribution in [3.05, 3.63) is 4.60 Å². The molecule has 0 radical (unpaired) electrons. The molecular formula is C11H12BrN5O3S2. The molecule has 11 heteroatoms. The summed E-state index contributed by atoms with van der Waals surface area (Å²) in [6, 6.07) is 0. The summed E-state index contributed by atoms with van der Waals surface area (Å²) < 4.78 is 32.3. The fraction of sp³-hybridized carbons (Fsp3) is 0.364. The van der Waals surface area contributed by atoms with Gasteiger partial charge in [0, 0.05) is 14.1 Å². The van der Waals surface area contributed by atoms with E-state index in [1.54, 1.807) is 11.7 Å². The number of rotatable bonds is 3. The van der Waals surface area contributed by atoms with E-state index in [1.165, 1.54) is 11.8 Å². The summed E-state index contributed by atoms with van der Waals surface area (Å²) in [5.74, 6) is 0.0120. The van der Waals surface area contributed by atoms with E-state index in [1.807, 2.05) is 17.9 Å². The van der Waals surface area contributed by atoms with Gasteiger partial charge in [-0.25, -0.2) is 4.98 Å². The minimum Gasteiger partial charge on any atom is -0.361 e. The number of halogens is 1. The minimum atomic E-state index is -3.71. The first-order chi connectivity index (χ1) is 10.2. The zero-order chi connectivity index (χ0) is 16.2. The van der Waals surface area contributed by atoms with Gasteiger partial charge in [-0.05, 0) is 22.2 Å². The SMILES string of the molecule is CSc1nc(OS(C)(=O)=O)c2c3c(c(Br)nn3C)n(C)c2n1. The van der Waals surface area contributed by atoms with E-state index in [2.05, 4.69) is 31.0 Å². The Labute approximate surface area is 139 Å². The van der Waals surface area contributed by atoms with Gasteiger partial charge in [-0.15, -0.1) is 0 Å². The van der Waals surface area contributed by atoms with Gasteiger partial charge in [0.05, 0.1) is 6.26 Å². The van der Waals surface area contributed by atoms with Crippen molar-refractivity contribution in [2.45, 2.75) is 5.16 Å². The highest BCUT2D eigenvalue weighted by Crippen LogP contribution is 2.37. The van der Waals surface area contributed by atoms with E-state index in [0.29, 0.717) is 26.3 Å². The van der Waals surface area contributed by atoms with Crippen LogP contribution in [-0.4, -0.2) is 45.2 Å². The van der Waals surface area contributed by atoms with E-state index < -0.39 is 10.1 Å². The monoisotopic (exact) mass is 405 g/mol. The zero-order valence-electron chi connectivity index (χ0n) is 12.2. The molecule has 0 aromatic carbocycles. The van der Waals surface area contributed by atoms with Crippen molar-refractivity contribution in [2.75, 3.05) is 12.5 Å². The van der Waals surface area contributed by atoms with Gasteiger partial charge in [0.1, 0.15) is 16.4 Å². The average Bonchev–Trinajstić information content (AvgIpc) is 2.86. The Balaban J connectivity index is 2.52. The summed E-state index contributed by atoms with van der Waals surface area (Å²) in [7, 11) is -0.114. The van der Waals surface area contributed by atoms with Crippen LogP contribution in [0.15, 0.2) is 9.76 Å². The molecule has 0 amide bonds. The van der Waals surface area contributed by atoms with E-state index in [0.717, 1.165) is 11.8 Å². The van der Waals surface area contributed by atoms with Gasteiger partial charge in [-0.2, -0.15) is 18.5 Å². The van der Waals surface area contributed by atoms with E-state index in [4.69, 9.17) is 4.18 Å². The highest BCUT2D eigenvalue weighted by atomic mass is 79.9. The maximum absolute atomic E-state index is 11.5. The molecular weight excluding hydrogens is 394 g/mol. The lowest BCUT2D eigenvalue weighted by Crippen LogP contribution is -2.08. The second kappa shape index (κ2) is 5.10. The van der Waals surface area contributed by atoms with Crippen LogP contribution in [0.4, 0.5) is 0 Å². The topological polar surface area (TPSA) is 91.9 Å². The lowest BCUT2D eigenvalue weighted by molar-refractivity contribution is 0.482. The van der Waals surface area contributed by atoms with Gasteiger partial charge >= 0.3 is 10.1 Å². The molecule has 3 rings (SSSR count). The molecule has 3 aromatic rings. The van der Waals surface area contributed by atoms with Crippen LogP contribution in [0.2, 0.25) is 0 Å². The third-order valence-corrected chi connectivity index (χ3v) is 4.66. The Bertz CT molecular complexity index is 1010. The van der Waals surface area contributed by atoms with Crippen molar-refractivity contribution in [3.8, 4) is 5.88 Å². The Morgan fingerprint density at radius 2 is 1.91 bits per heavy atom. The van der Waals surface area contributed by atoms with Gasteiger partial charge in [0.2, 0.25) is 5.88 Å². The third-order valence-electron chi connectivity index (χ3n) is 3.12. The van der Waals surface area contributed by atoms with Crippen LogP contribution in [0.5, 0.6) is 5.88 Å². The Morgan fingerprint density at radius 3 is 2.50 bits per heavy atom. The van der Waals surface area contributed by atoms with Crippen LogP contribution in [0.1, 0.15) is 0 Å². The van der Waals surface area contributed by atoms with Gasteiger partial charge in [0.15, 0.2) is 15.4 Å². The van der Waals surface area contributed by atoms with Crippen LogP contribution in [0, 0.1) is 0 Å². The molecule has 3 aromatic heterocycles. The Kier molecular flexibility index (Phi) is 3.61. The number of aromatic nitrogens is 5. The standard InChI is InChI=1S/C11H12BrN5O3S2/c1-16-7-6(17(2)15-8(7)12)5-9(16)13-11(21-3)14-10(5)20-22(4,18)19/h1-4H3. The highest BCUT2D eigenvalue weighted by molar-refractivity contribution is 9.10. The fourth-order valence-electron chi connectivity index (χ4n) is 2.32. The predicted molar refractivity (Wildman–Crippen MR) is 87.7 cm³/mol. The van der Waals surface area contributed by atoms with Crippen molar-refractivity contribution >= 4 is 59.9 Å². The predicted octanol–water partition coefficient (Wildman–Crippen LogP) is 1.68. The molecule has 0 aliphatic rings. The molecule has 0 aliphatic carbocycles. The largest absolute Gasteiger partial charge is 0.361 e. The van der Waals surface area contributed by atoms with Crippen molar-refractivity contribution in [1.82, 2.24) is 24.3 Å². The van der Waals surface area contributed by atoms with E-state index in [9.17, 15) is 8.42 Å². The number of aryl methyl sites for hydroxylation is 2. The zero-order valence-corrected chi connectivity index (χ0v) is 15.4. The number of nitrogens with zero attached hydrogens (tertiary/aromatic N) is 5. The van der Waals surface area contributed by atoms with Crippen molar-refractivity contribution in [2.24, 2.45) is 14.1 Å².